The highest BCUT2D eigenvalue weighted by molar-refractivity contribution is 9.10. The molecule has 0 bridgehead atoms. The van der Waals surface area contributed by atoms with Crippen LogP contribution in [0.1, 0.15) is 24.5 Å². The van der Waals surface area contributed by atoms with Crippen LogP contribution >= 0.6 is 15.9 Å². The van der Waals surface area contributed by atoms with Gasteiger partial charge in [-0.3, -0.25) is 0 Å². The lowest BCUT2D eigenvalue weighted by Crippen LogP contribution is -2.07. The molecule has 2 N–H and O–H groups in total. The van der Waals surface area contributed by atoms with Crippen LogP contribution in [0.4, 0.5) is 0 Å². The average molecular weight is 298 g/mol. The molecule has 1 aromatic carbocycles. The Labute approximate surface area is 112 Å². The molecule has 0 spiro atoms. The molecular formula is C14H20BrNO. The maximum absolute atomic E-state index is 5.85. The number of rotatable bonds is 6. The van der Waals surface area contributed by atoms with Gasteiger partial charge < -0.3 is 10.5 Å². The summed E-state index contributed by atoms with van der Waals surface area (Å²) in [4.78, 5) is 0. The van der Waals surface area contributed by atoms with Gasteiger partial charge in [-0.05, 0) is 50.1 Å². The minimum absolute atomic E-state index is 0.632. The molecule has 0 saturated heterocycles. The zero-order chi connectivity index (χ0) is 12.8. The molecule has 1 rings (SSSR count). The normalized spacial score (nSPS) is 10.4. The molecule has 17 heavy (non-hydrogen) atoms. The van der Waals surface area contributed by atoms with E-state index in [2.05, 4.69) is 41.6 Å². The summed E-state index contributed by atoms with van der Waals surface area (Å²) in [5, 5.41) is 0. The summed E-state index contributed by atoms with van der Waals surface area (Å²) in [7, 11) is 0. The number of hydrogen-bond acceptors (Lipinski definition) is 2. The molecule has 0 aliphatic carbocycles. The number of hydrogen-bond donors (Lipinski definition) is 1. The van der Waals surface area contributed by atoms with Crippen molar-refractivity contribution in [3.8, 4) is 5.75 Å². The molecule has 0 amide bonds. The lowest BCUT2D eigenvalue weighted by Gasteiger charge is -2.14. The molecule has 3 heteroatoms. The van der Waals surface area contributed by atoms with Crippen molar-refractivity contribution < 1.29 is 4.74 Å². The fraction of sp³-hybridized carbons (Fsp3) is 0.429. The summed E-state index contributed by atoms with van der Waals surface area (Å²) in [6, 6.07) is 4.14. The quantitative estimate of drug-likeness (QED) is 0.814. The first-order chi connectivity index (χ1) is 8.04. The zero-order valence-electron chi connectivity index (χ0n) is 10.6. The highest BCUT2D eigenvalue weighted by Crippen LogP contribution is 2.28. The van der Waals surface area contributed by atoms with Gasteiger partial charge in [0.25, 0.3) is 0 Å². The molecule has 0 fully saturated rings. The lowest BCUT2D eigenvalue weighted by atomic mass is 10.1. The fourth-order valence-corrected chi connectivity index (χ4v) is 2.29. The predicted molar refractivity (Wildman–Crippen MR) is 76.6 cm³/mol. The van der Waals surface area contributed by atoms with Crippen molar-refractivity contribution in [3.05, 3.63) is 39.9 Å². The predicted octanol–water partition coefficient (Wildman–Crippen LogP) is 3.60. The van der Waals surface area contributed by atoms with Crippen molar-refractivity contribution in [2.75, 3.05) is 13.2 Å². The van der Waals surface area contributed by atoms with Crippen LogP contribution in [0.15, 0.2) is 28.8 Å². The molecule has 0 unspecified atom stereocenters. The van der Waals surface area contributed by atoms with Crippen molar-refractivity contribution in [1.29, 1.82) is 0 Å². The average Bonchev–Trinajstić information content (AvgIpc) is 2.21. The lowest BCUT2D eigenvalue weighted by molar-refractivity contribution is 0.316. The van der Waals surface area contributed by atoms with E-state index in [4.69, 9.17) is 10.5 Å². The third-order valence-corrected chi connectivity index (χ3v) is 2.96. The summed E-state index contributed by atoms with van der Waals surface area (Å²) in [6.45, 7) is 9.25. The summed E-state index contributed by atoms with van der Waals surface area (Å²) in [5.41, 5.74) is 9.07. The summed E-state index contributed by atoms with van der Waals surface area (Å²) >= 11 is 3.50. The van der Waals surface area contributed by atoms with Crippen LogP contribution in [-0.4, -0.2) is 13.2 Å². The standard InChI is InChI=1S/C14H20BrNO/c1-10(2)5-7-17-14-11(3)8-13(15)9-12(14)4-6-16/h8-9H,1,4-7,16H2,2-3H3. The molecule has 0 atom stereocenters. The minimum atomic E-state index is 0.632. The number of aryl methyl sites for hydroxylation is 1. The van der Waals surface area contributed by atoms with Crippen LogP contribution in [0, 0.1) is 6.92 Å². The van der Waals surface area contributed by atoms with Gasteiger partial charge in [-0.2, -0.15) is 0 Å². The number of halogens is 1. The number of ether oxygens (including phenoxy) is 1. The topological polar surface area (TPSA) is 35.2 Å². The summed E-state index contributed by atoms with van der Waals surface area (Å²) in [5.74, 6) is 0.972. The third kappa shape index (κ3) is 4.52. The molecule has 0 saturated carbocycles. The van der Waals surface area contributed by atoms with Gasteiger partial charge in [0.05, 0.1) is 6.61 Å². The van der Waals surface area contributed by atoms with Crippen molar-refractivity contribution in [1.82, 2.24) is 0 Å². The fourth-order valence-electron chi connectivity index (χ4n) is 1.67. The molecule has 0 aliphatic heterocycles. The molecule has 94 valence electrons. The Hall–Kier alpha value is -0.800. The highest BCUT2D eigenvalue weighted by Gasteiger charge is 2.08. The maximum atomic E-state index is 5.85. The Morgan fingerprint density at radius 1 is 1.47 bits per heavy atom. The van der Waals surface area contributed by atoms with Gasteiger partial charge in [0.1, 0.15) is 5.75 Å². The smallest absolute Gasteiger partial charge is 0.125 e. The third-order valence-electron chi connectivity index (χ3n) is 2.51. The van der Waals surface area contributed by atoms with Gasteiger partial charge in [0.15, 0.2) is 0 Å². The van der Waals surface area contributed by atoms with Crippen LogP contribution in [0.3, 0.4) is 0 Å². The van der Waals surface area contributed by atoms with Gasteiger partial charge in [-0.25, -0.2) is 0 Å². The molecule has 0 heterocycles. The van der Waals surface area contributed by atoms with Gasteiger partial charge in [-0.15, -0.1) is 6.58 Å². The second kappa shape index (κ2) is 6.82. The monoisotopic (exact) mass is 297 g/mol. The number of nitrogens with two attached hydrogens (primary N) is 1. The van der Waals surface area contributed by atoms with Crippen LogP contribution in [0.5, 0.6) is 5.75 Å². The van der Waals surface area contributed by atoms with Gasteiger partial charge in [0.2, 0.25) is 0 Å². The molecule has 0 aliphatic rings. The summed E-state index contributed by atoms with van der Waals surface area (Å²) in [6.07, 6.45) is 1.72. The second-order valence-electron chi connectivity index (χ2n) is 4.31. The SMILES string of the molecule is C=C(C)CCOc1c(C)cc(Br)cc1CCN. The Kier molecular flexibility index (Phi) is 5.72. The van der Waals surface area contributed by atoms with Crippen LogP contribution in [0.2, 0.25) is 0 Å². The van der Waals surface area contributed by atoms with Crippen LogP contribution in [-0.2, 0) is 6.42 Å². The van der Waals surface area contributed by atoms with E-state index in [0.29, 0.717) is 13.2 Å². The van der Waals surface area contributed by atoms with Crippen molar-refractivity contribution in [2.24, 2.45) is 5.73 Å². The van der Waals surface area contributed by atoms with E-state index >= 15 is 0 Å². The Morgan fingerprint density at radius 2 is 2.18 bits per heavy atom. The first-order valence-electron chi connectivity index (χ1n) is 5.81. The van der Waals surface area contributed by atoms with E-state index in [1.807, 2.05) is 6.92 Å². The molecular weight excluding hydrogens is 278 g/mol. The van der Waals surface area contributed by atoms with E-state index in [0.717, 1.165) is 34.2 Å². The summed E-state index contributed by atoms with van der Waals surface area (Å²) < 4.78 is 6.92. The van der Waals surface area contributed by atoms with Gasteiger partial charge in [-0.1, -0.05) is 21.5 Å². The second-order valence-corrected chi connectivity index (χ2v) is 5.22. The first kappa shape index (κ1) is 14.3. The van der Waals surface area contributed by atoms with Crippen LogP contribution < -0.4 is 10.5 Å². The molecule has 1 aromatic rings. The van der Waals surface area contributed by atoms with E-state index in [1.165, 1.54) is 5.56 Å². The maximum Gasteiger partial charge on any atom is 0.125 e. The Balaban J connectivity index is 2.83. The van der Waals surface area contributed by atoms with Gasteiger partial charge in [0, 0.05) is 10.9 Å². The van der Waals surface area contributed by atoms with Gasteiger partial charge >= 0.3 is 0 Å². The van der Waals surface area contributed by atoms with E-state index in [-0.39, 0.29) is 0 Å². The largest absolute Gasteiger partial charge is 0.493 e. The van der Waals surface area contributed by atoms with Crippen LogP contribution in [0.25, 0.3) is 0 Å². The minimum Gasteiger partial charge on any atom is -0.493 e. The Morgan fingerprint density at radius 3 is 2.76 bits per heavy atom. The van der Waals surface area contributed by atoms with E-state index in [1.54, 1.807) is 0 Å². The number of benzene rings is 1. The van der Waals surface area contributed by atoms with E-state index in [9.17, 15) is 0 Å². The Bertz CT molecular complexity index is 401. The van der Waals surface area contributed by atoms with Crippen molar-refractivity contribution in [3.63, 3.8) is 0 Å². The zero-order valence-corrected chi connectivity index (χ0v) is 12.1. The molecule has 0 aromatic heterocycles. The van der Waals surface area contributed by atoms with Crippen molar-refractivity contribution in [2.45, 2.75) is 26.7 Å². The first-order valence-corrected chi connectivity index (χ1v) is 6.60. The molecule has 2 nitrogen and oxygen atoms in total. The van der Waals surface area contributed by atoms with Crippen molar-refractivity contribution >= 4 is 15.9 Å². The molecule has 0 radical (unpaired) electrons. The van der Waals surface area contributed by atoms with E-state index < -0.39 is 0 Å². The highest BCUT2D eigenvalue weighted by atomic mass is 79.9.